The second kappa shape index (κ2) is 8.07. The van der Waals surface area contributed by atoms with Crippen LogP contribution in [0.2, 0.25) is 0 Å². The molecule has 2 rings (SSSR count). The molecule has 9 nitrogen and oxygen atoms in total. The Bertz CT molecular complexity index is 856. The lowest BCUT2D eigenvalue weighted by Crippen LogP contribution is -1.98. The first-order valence-electron chi connectivity index (χ1n) is 6.89. The molecule has 2 aromatic rings. The van der Waals surface area contributed by atoms with Crippen molar-refractivity contribution in [1.82, 2.24) is 0 Å². The van der Waals surface area contributed by atoms with Gasteiger partial charge in [0.1, 0.15) is 18.0 Å². The number of hydrogen-bond donors (Lipinski definition) is 1. The van der Waals surface area contributed by atoms with Crippen molar-refractivity contribution in [1.29, 1.82) is 0 Å². The van der Waals surface area contributed by atoms with Crippen molar-refractivity contribution in [2.24, 2.45) is 5.10 Å². The summed E-state index contributed by atoms with van der Waals surface area (Å²) in [5.74, 6) is 2.96. The van der Waals surface area contributed by atoms with Gasteiger partial charge < -0.3 is 4.74 Å². The first kappa shape index (κ1) is 17.4. The second-order valence-corrected chi connectivity index (χ2v) is 4.65. The number of benzene rings is 2. The first-order valence-corrected chi connectivity index (χ1v) is 6.89. The molecule has 126 valence electrons. The highest BCUT2D eigenvalue weighted by Crippen LogP contribution is 2.28. The number of hydrogen-bond acceptors (Lipinski definition) is 7. The van der Waals surface area contributed by atoms with Crippen LogP contribution in [0.25, 0.3) is 0 Å². The van der Waals surface area contributed by atoms with E-state index in [1.54, 1.807) is 24.3 Å². The molecule has 0 saturated heterocycles. The largest absolute Gasteiger partial charge is 0.481 e. The normalized spacial score (nSPS) is 10.2. The van der Waals surface area contributed by atoms with Gasteiger partial charge in [-0.15, -0.1) is 6.42 Å². The Hall–Kier alpha value is -3.93. The fraction of sp³-hybridized carbons (Fsp3) is 0.0625. The van der Waals surface area contributed by atoms with Crippen molar-refractivity contribution in [3.63, 3.8) is 0 Å². The van der Waals surface area contributed by atoms with Crippen LogP contribution in [-0.2, 0) is 0 Å². The molecule has 0 fully saturated rings. The average molecular weight is 340 g/mol. The molecular weight excluding hydrogens is 328 g/mol. The fourth-order valence-corrected chi connectivity index (χ4v) is 1.83. The van der Waals surface area contributed by atoms with Gasteiger partial charge in [-0.2, -0.15) is 5.10 Å². The number of non-ortho nitro benzene ring substituents is 1. The molecule has 0 aliphatic heterocycles. The van der Waals surface area contributed by atoms with Gasteiger partial charge in [0, 0.05) is 6.07 Å². The first-order chi connectivity index (χ1) is 12.0. The van der Waals surface area contributed by atoms with Crippen LogP contribution in [0, 0.1) is 32.6 Å². The van der Waals surface area contributed by atoms with Gasteiger partial charge in [0.25, 0.3) is 5.69 Å². The van der Waals surface area contributed by atoms with Gasteiger partial charge >= 0.3 is 5.69 Å². The Morgan fingerprint density at radius 3 is 2.48 bits per heavy atom. The van der Waals surface area contributed by atoms with E-state index in [1.165, 1.54) is 12.3 Å². The van der Waals surface area contributed by atoms with E-state index in [0.29, 0.717) is 11.3 Å². The summed E-state index contributed by atoms with van der Waals surface area (Å²) >= 11 is 0. The molecule has 0 bridgehead atoms. The maximum absolute atomic E-state index is 11.0. The molecule has 0 aromatic heterocycles. The second-order valence-electron chi connectivity index (χ2n) is 4.65. The van der Waals surface area contributed by atoms with Crippen molar-refractivity contribution >= 4 is 23.3 Å². The highest BCUT2D eigenvalue weighted by Gasteiger charge is 2.18. The minimum absolute atomic E-state index is 0.0424. The van der Waals surface area contributed by atoms with Crippen LogP contribution < -0.4 is 10.2 Å². The topological polar surface area (TPSA) is 120 Å². The van der Waals surface area contributed by atoms with E-state index in [2.05, 4.69) is 16.4 Å². The van der Waals surface area contributed by atoms with E-state index in [0.717, 1.165) is 12.1 Å². The molecule has 0 unspecified atom stereocenters. The molecule has 0 spiro atoms. The van der Waals surface area contributed by atoms with Crippen molar-refractivity contribution in [2.45, 2.75) is 0 Å². The third kappa shape index (κ3) is 4.77. The zero-order valence-electron chi connectivity index (χ0n) is 12.8. The Labute approximate surface area is 142 Å². The maximum atomic E-state index is 11.0. The van der Waals surface area contributed by atoms with E-state index in [1.807, 2.05) is 0 Å². The number of hydrazone groups is 1. The zero-order valence-corrected chi connectivity index (χ0v) is 12.8. The van der Waals surface area contributed by atoms with Crippen LogP contribution >= 0.6 is 0 Å². The van der Waals surface area contributed by atoms with E-state index in [9.17, 15) is 20.2 Å². The molecule has 0 saturated carbocycles. The van der Waals surface area contributed by atoms with Crippen LogP contribution in [0.3, 0.4) is 0 Å². The Morgan fingerprint density at radius 1 is 1.16 bits per heavy atom. The van der Waals surface area contributed by atoms with Crippen LogP contribution in [0.4, 0.5) is 17.1 Å². The standard InChI is InChI=1S/C16H12N4O5/c1-2-9-25-14-6-3-12(4-7-14)11-17-18-15-8-5-13(19(21)22)10-16(15)20(23)24/h1,3-8,10-11,18H,9H2/b17-11+. The number of nitrogens with zero attached hydrogens (tertiary/aromatic N) is 3. The average Bonchev–Trinajstić information content (AvgIpc) is 2.61. The van der Waals surface area contributed by atoms with Gasteiger partial charge in [-0.05, 0) is 35.9 Å². The Kier molecular flexibility index (Phi) is 5.63. The van der Waals surface area contributed by atoms with E-state index < -0.39 is 15.5 Å². The Balaban J connectivity index is 2.10. The lowest BCUT2D eigenvalue weighted by Gasteiger charge is -2.03. The summed E-state index contributed by atoms with van der Waals surface area (Å²) in [6, 6.07) is 10.1. The molecule has 9 heteroatoms. The predicted molar refractivity (Wildman–Crippen MR) is 91.7 cm³/mol. The highest BCUT2D eigenvalue weighted by molar-refractivity contribution is 5.80. The van der Waals surface area contributed by atoms with Crippen LogP contribution in [0.1, 0.15) is 5.56 Å². The van der Waals surface area contributed by atoms with Crippen LogP contribution in [0.5, 0.6) is 5.75 Å². The van der Waals surface area contributed by atoms with E-state index in [4.69, 9.17) is 11.2 Å². The SMILES string of the molecule is C#CCOc1ccc(/C=N/Nc2ccc([N+](=O)[O-])cc2[N+](=O)[O-])cc1. The molecular formula is C16H12N4O5. The molecule has 0 heterocycles. The lowest BCUT2D eigenvalue weighted by atomic mass is 10.2. The third-order valence-electron chi connectivity index (χ3n) is 2.99. The smallest absolute Gasteiger partial charge is 0.301 e. The number of nitro groups is 2. The number of terminal acetylenes is 1. The number of nitro benzene ring substituents is 2. The highest BCUT2D eigenvalue weighted by atomic mass is 16.6. The van der Waals surface area contributed by atoms with Gasteiger partial charge in [0.15, 0.2) is 0 Å². The van der Waals surface area contributed by atoms with Crippen LogP contribution in [0.15, 0.2) is 47.6 Å². The third-order valence-corrected chi connectivity index (χ3v) is 2.99. The van der Waals surface area contributed by atoms with Crippen LogP contribution in [-0.4, -0.2) is 22.7 Å². The van der Waals surface area contributed by atoms with Gasteiger partial charge in [-0.25, -0.2) is 0 Å². The van der Waals surface area contributed by atoms with Gasteiger partial charge in [-0.1, -0.05) is 5.92 Å². The minimum Gasteiger partial charge on any atom is -0.481 e. The molecule has 0 atom stereocenters. The number of nitrogens with one attached hydrogen (secondary N) is 1. The van der Waals surface area contributed by atoms with Gasteiger partial charge in [0.2, 0.25) is 0 Å². The van der Waals surface area contributed by atoms with Gasteiger partial charge in [0.05, 0.1) is 22.1 Å². The van der Waals surface area contributed by atoms with E-state index in [-0.39, 0.29) is 18.0 Å². The monoisotopic (exact) mass is 340 g/mol. The maximum Gasteiger partial charge on any atom is 0.301 e. The summed E-state index contributed by atoms with van der Waals surface area (Å²) < 4.78 is 5.23. The fourth-order valence-electron chi connectivity index (χ4n) is 1.83. The number of rotatable bonds is 7. The van der Waals surface area contributed by atoms with E-state index >= 15 is 0 Å². The minimum atomic E-state index is -0.720. The van der Waals surface area contributed by atoms with Crippen molar-refractivity contribution in [3.05, 3.63) is 68.3 Å². The summed E-state index contributed by atoms with van der Waals surface area (Å²) in [7, 11) is 0. The number of anilines is 1. The summed E-state index contributed by atoms with van der Waals surface area (Å²) in [5, 5.41) is 25.6. The Morgan fingerprint density at radius 2 is 1.88 bits per heavy atom. The van der Waals surface area contributed by atoms with Gasteiger partial charge in [-0.3, -0.25) is 25.7 Å². The molecule has 0 aliphatic rings. The molecule has 2 aromatic carbocycles. The summed E-state index contributed by atoms with van der Waals surface area (Å²) in [4.78, 5) is 20.3. The summed E-state index contributed by atoms with van der Waals surface area (Å²) in [6.45, 7) is 0.165. The lowest BCUT2D eigenvalue weighted by molar-refractivity contribution is -0.393. The molecule has 1 N–H and O–H groups in total. The molecule has 25 heavy (non-hydrogen) atoms. The van der Waals surface area contributed by atoms with Crippen molar-refractivity contribution in [2.75, 3.05) is 12.0 Å². The number of ether oxygens (including phenoxy) is 1. The predicted octanol–water partition coefficient (Wildman–Crippen LogP) is 2.96. The molecule has 0 radical (unpaired) electrons. The molecule has 0 amide bonds. The summed E-state index contributed by atoms with van der Waals surface area (Å²) in [6.07, 6.45) is 6.54. The molecule has 0 aliphatic carbocycles. The van der Waals surface area contributed by atoms with Crippen molar-refractivity contribution < 1.29 is 14.6 Å². The zero-order chi connectivity index (χ0) is 18.2. The quantitative estimate of drug-likeness (QED) is 0.358. The van der Waals surface area contributed by atoms with Crippen molar-refractivity contribution in [3.8, 4) is 18.1 Å². The summed E-state index contributed by atoms with van der Waals surface area (Å²) in [5.41, 5.74) is 2.45.